The highest BCUT2D eigenvalue weighted by Gasteiger charge is 2.17. The Bertz CT molecular complexity index is 400. The fourth-order valence-electron chi connectivity index (χ4n) is 1.52. The normalized spacial score (nSPS) is 12.1. The van der Waals surface area contributed by atoms with E-state index >= 15 is 0 Å². The Morgan fingerprint density at radius 3 is 2.76 bits per heavy atom. The molecular formula is C11H16N2O4. The molecule has 17 heavy (non-hydrogen) atoms. The summed E-state index contributed by atoms with van der Waals surface area (Å²) in [6.07, 6.45) is 1.60. The van der Waals surface area contributed by atoms with Gasteiger partial charge in [-0.2, -0.15) is 0 Å². The number of amides is 1. The fourth-order valence-corrected chi connectivity index (χ4v) is 1.52. The summed E-state index contributed by atoms with van der Waals surface area (Å²) in [6.45, 7) is 3.13. The Kier molecular flexibility index (Phi) is 4.68. The summed E-state index contributed by atoms with van der Waals surface area (Å²) in [5.41, 5.74) is 0.802. The maximum Gasteiger partial charge on any atom is 0.326 e. The average Bonchev–Trinajstić information content (AvgIpc) is 2.62. The molecule has 1 atom stereocenters. The molecule has 6 nitrogen and oxygen atoms in total. The molecule has 6 heteroatoms. The van der Waals surface area contributed by atoms with Crippen molar-refractivity contribution in [2.24, 2.45) is 0 Å². The smallest absolute Gasteiger partial charge is 0.326 e. The van der Waals surface area contributed by atoms with E-state index in [0.29, 0.717) is 19.3 Å². The molecule has 0 bridgehead atoms. The third-order valence-electron chi connectivity index (χ3n) is 2.27. The van der Waals surface area contributed by atoms with Crippen LogP contribution in [0.3, 0.4) is 0 Å². The predicted molar refractivity (Wildman–Crippen MR) is 59.4 cm³/mol. The number of carboxylic acids is 1. The van der Waals surface area contributed by atoms with Gasteiger partial charge in [-0.15, -0.1) is 0 Å². The van der Waals surface area contributed by atoms with Crippen molar-refractivity contribution in [1.82, 2.24) is 10.5 Å². The van der Waals surface area contributed by atoms with Gasteiger partial charge in [0.2, 0.25) is 5.91 Å². The molecule has 1 aromatic rings. The Hall–Kier alpha value is -1.85. The lowest BCUT2D eigenvalue weighted by Gasteiger charge is -2.12. The quantitative estimate of drug-likeness (QED) is 0.770. The molecule has 0 fully saturated rings. The first-order valence-corrected chi connectivity index (χ1v) is 5.41. The van der Waals surface area contributed by atoms with Gasteiger partial charge in [0.25, 0.3) is 0 Å². The molecule has 0 aromatic carbocycles. The minimum atomic E-state index is -1.02. The van der Waals surface area contributed by atoms with Crippen molar-refractivity contribution in [3.63, 3.8) is 0 Å². The lowest BCUT2D eigenvalue weighted by atomic mass is 10.1. The second-order valence-corrected chi connectivity index (χ2v) is 3.92. The van der Waals surface area contributed by atoms with Crippen LogP contribution >= 0.6 is 0 Å². The Labute approximate surface area is 99.0 Å². The number of carbonyl (C=O) groups is 2. The van der Waals surface area contributed by atoms with Gasteiger partial charge in [0, 0.05) is 19.4 Å². The summed E-state index contributed by atoms with van der Waals surface area (Å²) in [7, 11) is 0. The summed E-state index contributed by atoms with van der Waals surface area (Å²) in [5.74, 6) is -0.628. The SMILES string of the molecule is CC(=O)N[C@H](CCCc1cc(C)no1)C(=O)O. The van der Waals surface area contributed by atoms with Crippen molar-refractivity contribution in [3.8, 4) is 0 Å². The van der Waals surface area contributed by atoms with Crippen LogP contribution in [0.5, 0.6) is 0 Å². The van der Waals surface area contributed by atoms with Crippen LogP contribution in [0.1, 0.15) is 31.2 Å². The monoisotopic (exact) mass is 240 g/mol. The lowest BCUT2D eigenvalue weighted by Crippen LogP contribution is -2.39. The van der Waals surface area contributed by atoms with E-state index in [1.807, 2.05) is 13.0 Å². The first kappa shape index (κ1) is 13.2. The summed E-state index contributed by atoms with van der Waals surface area (Å²) < 4.78 is 5.00. The van der Waals surface area contributed by atoms with E-state index in [9.17, 15) is 9.59 Å². The highest BCUT2D eigenvalue weighted by molar-refractivity contribution is 5.81. The van der Waals surface area contributed by atoms with Crippen molar-refractivity contribution >= 4 is 11.9 Å². The first-order valence-electron chi connectivity index (χ1n) is 5.41. The number of aliphatic carboxylic acids is 1. The maximum absolute atomic E-state index is 10.8. The van der Waals surface area contributed by atoms with Crippen LogP contribution in [0.2, 0.25) is 0 Å². The molecule has 1 rings (SSSR count). The maximum atomic E-state index is 10.8. The first-order chi connectivity index (χ1) is 7.99. The van der Waals surface area contributed by atoms with Crippen LogP contribution in [-0.4, -0.2) is 28.2 Å². The number of nitrogens with zero attached hydrogens (tertiary/aromatic N) is 1. The van der Waals surface area contributed by atoms with E-state index in [4.69, 9.17) is 9.63 Å². The molecule has 0 saturated carbocycles. The number of hydrogen-bond acceptors (Lipinski definition) is 4. The van der Waals surface area contributed by atoms with E-state index in [0.717, 1.165) is 11.5 Å². The molecule has 0 spiro atoms. The lowest BCUT2D eigenvalue weighted by molar-refractivity contribution is -0.141. The zero-order valence-electron chi connectivity index (χ0n) is 9.90. The second kappa shape index (κ2) is 6.03. The van der Waals surface area contributed by atoms with Crippen LogP contribution in [0.25, 0.3) is 0 Å². The number of carbonyl (C=O) groups excluding carboxylic acids is 1. The van der Waals surface area contributed by atoms with Gasteiger partial charge in [-0.1, -0.05) is 5.16 Å². The molecule has 2 N–H and O–H groups in total. The van der Waals surface area contributed by atoms with Crippen LogP contribution in [0.4, 0.5) is 0 Å². The van der Waals surface area contributed by atoms with Gasteiger partial charge in [0.05, 0.1) is 5.69 Å². The summed E-state index contributed by atoms with van der Waals surface area (Å²) in [6, 6.07) is 0.977. The number of nitrogens with one attached hydrogen (secondary N) is 1. The van der Waals surface area contributed by atoms with Crippen molar-refractivity contribution in [1.29, 1.82) is 0 Å². The molecule has 0 aliphatic carbocycles. The van der Waals surface area contributed by atoms with Crippen molar-refractivity contribution in [3.05, 3.63) is 17.5 Å². The van der Waals surface area contributed by atoms with Crippen molar-refractivity contribution in [2.75, 3.05) is 0 Å². The molecule has 0 saturated heterocycles. The Morgan fingerprint density at radius 2 is 2.29 bits per heavy atom. The van der Waals surface area contributed by atoms with Gasteiger partial charge in [0.15, 0.2) is 0 Å². The number of aromatic nitrogens is 1. The molecule has 0 aliphatic rings. The van der Waals surface area contributed by atoms with E-state index in [2.05, 4.69) is 10.5 Å². The van der Waals surface area contributed by atoms with Crippen molar-refractivity contribution in [2.45, 2.75) is 39.2 Å². The molecular weight excluding hydrogens is 224 g/mol. The summed E-state index contributed by atoms with van der Waals surface area (Å²) >= 11 is 0. The molecule has 1 aromatic heterocycles. The number of carboxylic acid groups (broad SMARTS) is 1. The minimum absolute atomic E-state index is 0.340. The van der Waals surface area contributed by atoms with Crippen LogP contribution in [-0.2, 0) is 16.0 Å². The van der Waals surface area contributed by atoms with E-state index in [1.165, 1.54) is 6.92 Å². The Balaban J connectivity index is 2.37. The second-order valence-electron chi connectivity index (χ2n) is 3.92. The van der Waals surface area contributed by atoms with Gasteiger partial charge in [0.1, 0.15) is 11.8 Å². The highest BCUT2D eigenvalue weighted by atomic mass is 16.5. The number of hydrogen-bond donors (Lipinski definition) is 2. The molecule has 94 valence electrons. The molecule has 0 aliphatic heterocycles. The fraction of sp³-hybridized carbons (Fsp3) is 0.545. The van der Waals surface area contributed by atoms with Crippen molar-refractivity contribution < 1.29 is 19.2 Å². The van der Waals surface area contributed by atoms with E-state index < -0.39 is 12.0 Å². The average molecular weight is 240 g/mol. The van der Waals surface area contributed by atoms with Crippen LogP contribution in [0.15, 0.2) is 10.6 Å². The zero-order chi connectivity index (χ0) is 12.8. The number of rotatable bonds is 6. The predicted octanol–water partition coefficient (Wildman–Crippen LogP) is 0.895. The Morgan fingerprint density at radius 1 is 1.59 bits per heavy atom. The minimum Gasteiger partial charge on any atom is -0.480 e. The van der Waals surface area contributed by atoms with Gasteiger partial charge in [-0.25, -0.2) is 4.79 Å². The largest absolute Gasteiger partial charge is 0.480 e. The number of aryl methyl sites for hydroxylation is 2. The zero-order valence-corrected chi connectivity index (χ0v) is 9.90. The standard InChI is InChI=1S/C11H16N2O4/c1-7-6-9(17-13-7)4-3-5-10(11(15)16)12-8(2)14/h6,10H,3-5H2,1-2H3,(H,12,14)(H,15,16)/t10-/m1/s1. The molecule has 1 heterocycles. The van der Waals surface area contributed by atoms with Gasteiger partial charge < -0.3 is 14.9 Å². The molecule has 0 radical (unpaired) electrons. The van der Waals surface area contributed by atoms with E-state index in [1.54, 1.807) is 0 Å². The van der Waals surface area contributed by atoms with Gasteiger partial charge in [-0.05, 0) is 19.8 Å². The van der Waals surface area contributed by atoms with Crippen LogP contribution in [0, 0.1) is 6.92 Å². The third-order valence-corrected chi connectivity index (χ3v) is 2.27. The summed E-state index contributed by atoms with van der Waals surface area (Å²) in [4.78, 5) is 21.6. The topological polar surface area (TPSA) is 92.4 Å². The highest BCUT2D eigenvalue weighted by Crippen LogP contribution is 2.08. The molecule has 1 amide bonds. The van der Waals surface area contributed by atoms with Gasteiger partial charge in [-0.3, -0.25) is 4.79 Å². The van der Waals surface area contributed by atoms with Gasteiger partial charge >= 0.3 is 5.97 Å². The summed E-state index contributed by atoms with van der Waals surface area (Å²) in [5, 5.41) is 15.0. The van der Waals surface area contributed by atoms with E-state index in [-0.39, 0.29) is 5.91 Å². The van der Waals surface area contributed by atoms with Crippen LogP contribution < -0.4 is 5.32 Å². The third kappa shape index (κ3) is 4.67. The molecule has 0 unspecified atom stereocenters.